The van der Waals surface area contributed by atoms with Gasteiger partial charge >= 0.3 is 0 Å². The Morgan fingerprint density at radius 3 is 2.25 bits per heavy atom. The highest BCUT2D eigenvalue weighted by atomic mass is 16.3. The fourth-order valence-electron chi connectivity index (χ4n) is 1.97. The minimum absolute atomic E-state index is 0.0869. The van der Waals surface area contributed by atoms with E-state index >= 15 is 0 Å². The number of likely N-dealkylation sites (tertiary alicyclic amines) is 1. The van der Waals surface area contributed by atoms with Crippen molar-refractivity contribution in [2.45, 2.75) is 38.3 Å². The van der Waals surface area contributed by atoms with Crippen molar-refractivity contribution in [1.82, 2.24) is 10.2 Å². The largest absolute Gasteiger partial charge is 0.394 e. The number of hydrogen-bond donors (Lipinski definition) is 3. The molecule has 94 valence electrons. The van der Waals surface area contributed by atoms with Gasteiger partial charge in [-0.2, -0.15) is 0 Å². The number of piperidine rings is 1. The maximum absolute atomic E-state index is 11.1. The van der Waals surface area contributed by atoms with E-state index in [0.29, 0.717) is 0 Å². The second-order valence-electron chi connectivity index (χ2n) is 4.80. The van der Waals surface area contributed by atoms with Gasteiger partial charge in [0.25, 0.3) is 0 Å². The van der Waals surface area contributed by atoms with Crippen LogP contribution < -0.4 is 5.32 Å². The number of aliphatic hydroxyl groups is 2. The fraction of sp³-hybridized carbons (Fsp3) is 0.909. The van der Waals surface area contributed by atoms with Crippen LogP contribution in [0.15, 0.2) is 0 Å². The van der Waals surface area contributed by atoms with Crippen LogP contribution in [0.1, 0.15) is 26.7 Å². The Balaban J connectivity index is 2.40. The number of rotatable bonds is 4. The summed E-state index contributed by atoms with van der Waals surface area (Å²) < 4.78 is 0. The third-order valence-electron chi connectivity index (χ3n) is 3.19. The van der Waals surface area contributed by atoms with Gasteiger partial charge in [0, 0.05) is 26.1 Å². The molecule has 1 fully saturated rings. The molecule has 1 amide bonds. The highest BCUT2D eigenvalue weighted by Crippen LogP contribution is 2.14. The molecular formula is C11H22N2O3. The topological polar surface area (TPSA) is 72.8 Å². The molecule has 0 bridgehead atoms. The predicted octanol–water partition coefficient (Wildman–Crippen LogP) is -0.670. The number of carbonyl (C=O) groups is 1. The maximum atomic E-state index is 11.1. The van der Waals surface area contributed by atoms with E-state index in [4.69, 9.17) is 10.2 Å². The molecule has 5 heteroatoms. The Kier molecular flexibility index (Phi) is 4.70. The van der Waals surface area contributed by atoms with Gasteiger partial charge in [-0.05, 0) is 19.8 Å². The zero-order chi connectivity index (χ0) is 12.2. The molecule has 5 nitrogen and oxygen atoms in total. The van der Waals surface area contributed by atoms with Crippen LogP contribution in [0.4, 0.5) is 0 Å². The van der Waals surface area contributed by atoms with E-state index in [-0.39, 0.29) is 25.2 Å². The number of nitrogens with one attached hydrogen (secondary N) is 1. The molecule has 0 unspecified atom stereocenters. The first-order chi connectivity index (χ1) is 7.50. The first-order valence-electron chi connectivity index (χ1n) is 5.75. The molecule has 0 spiro atoms. The van der Waals surface area contributed by atoms with E-state index in [1.165, 1.54) is 0 Å². The average Bonchev–Trinajstić information content (AvgIpc) is 2.29. The van der Waals surface area contributed by atoms with E-state index in [0.717, 1.165) is 25.9 Å². The zero-order valence-electron chi connectivity index (χ0n) is 10.1. The Labute approximate surface area is 96.4 Å². The summed E-state index contributed by atoms with van der Waals surface area (Å²) in [4.78, 5) is 13.0. The Bertz CT molecular complexity index is 233. The van der Waals surface area contributed by atoms with Crippen LogP contribution in [-0.4, -0.2) is 58.9 Å². The molecule has 1 rings (SSSR count). The normalized spacial score (nSPS) is 18.9. The number of amides is 1. The summed E-state index contributed by atoms with van der Waals surface area (Å²) in [5.74, 6) is 0.116. The van der Waals surface area contributed by atoms with E-state index < -0.39 is 5.54 Å². The van der Waals surface area contributed by atoms with Crippen LogP contribution in [0.5, 0.6) is 0 Å². The van der Waals surface area contributed by atoms with E-state index in [1.54, 1.807) is 13.8 Å². The molecule has 0 aromatic carbocycles. The molecule has 1 saturated heterocycles. The van der Waals surface area contributed by atoms with Crippen molar-refractivity contribution in [3.63, 3.8) is 0 Å². The van der Waals surface area contributed by atoms with Crippen molar-refractivity contribution in [1.29, 1.82) is 0 Å². The molecule has 0 saturated carbocycles. The third kappa shape index (κ3) is 3.43. The van der Waals surface area contributed by atoms with Crippen molar-refractivity contribution < 1.29 is 15.0 Å². The monoisotopic (exact) mass is 230 g/mol. The van der Waals surface area contributed by atoms with Crippen molar-refractivity contribution >= 4 is 5.91 Å². The molecule has 1 heterocycles. The van der Waals surface area contributed by atoms with Gasteiger partial charge in [0.15, 0.2) is 0 Å². The molecule has 0 aromatic rings. The van der Waals surface area contributed by atoms with Gasteiger partial charge in [-0.3, -0.25) is 4.79 Å². The molecular weight excluding hydrogens is 208 g/mol. The summed E-state index contributed by atoms with van der Waals surface area (Å²) in [7, 11) is 0. The Morgan fingerprint density at radius 2 is 1.88 bits per heavy atom. The van der Waals surface area contributed by atoms with Gasteiger partial charge in [-0.1, -0.05) is 0 Å². The van der Waals surface area contributed by atoms with Crippen LogP contribution in [0.2, 0.25) is 0 Å². The van der Waals surface area contributed by atoms with Gasteiger partial charge < -0.3 is 20.4 Å². The number of carbonyl (C=O) groups excluding carboxylic acids is 1. The summed E-state index contributed by atoms with van der Waals surface area (Å²) in [6, 6.07) is 0.264. The smallest absolute Gasteiger partial charge is 0.219 e. The molecule has 0 aliphatic carbocycles. The van der Waals surface area contributed by atoms with Gasteiger partial charge in [-0.15, -0.1) is 0 Å². The molecule has 3 N–H and O–H groups in total. The molecule has 0 radical (unpaired) electrons. The lowest BCUT2D eigenvalue weighted by Crippen LogP contribution is -2.56. The molecule has 0 aromatic heterocycles. The summed E-state index contributed by atoms with van der Waals surface area (Å²) in [5.41, 5.74) is -0.622. The quantitative estimate of drug-likeness (QED) is 0.599. The standard InChI is InChI=1S/C11H22N2O3/c1-9(16)13-5-3-10(4-6-13)12-11(2,7-14)8-15/h10,12,14-15H,3-8H2,1-2H3. The summed E-state index contributed by atoms with van der Waals surface area (Å²) in [5, 5.41) is 21.6. The molecule has 0 atom stereocenters. The first kappa shape index (κ1) is 13.4. The minimum Gasteiger partial charge on any atom is -0.394 e. The van der Waals surface area contributed by atoms with Crippen LogP contribution in [0.25, 0.3) is 0 Å². The van der Waals surface area contributed by atoms with Gasteiger partial charge in [0.1, 0.15) is 0 Å². The number of hydrogen-bond acceptors (Lipinski definition) is 4. The van der Waals surface area contributed by atoms with Crippen molar-refractivity contribution in [3.05, 3.63) is 0 Å². The predicted molar refractivity (Wildman–Crippen MR) is 61.0 cm³/mol. The lowest BCUT2D eigenvalue weighted by Gasteiger charge is -2.37. The van der Waals surface area contributed by atoms with Crippen molar-refractivity contribution in [2.75, 3.05) is 26.3 Å². The van der Waals surface area contributed by atoms with Crippen molar-refractivity contribution in [3.8, 4) is 0 Å². The second-order valence-corrected chi connectivity index (χ2v) is 4.80. The second kappa shape index (κ2) is 5.61. The van der Waals surface area contributed by atoms with Crippen LogP contribution in [0, 0.1) is 0 Å². The fourth-order valence-corrected chi connectivity index (χ4v) is 1.97. The zero-order valence-corrected chi connectivity index (χ0v) is 10.1. The Morgan fingerprint density at radius 1 is 1.38 bits per heavy atom. The highest BCUT2D eigenvalue weighted by molar-refractivity contribution is 5.73. The molecule has 1 aliphatic heterocycles. The number of nitrogens with zero attached hydrogens (tertiary/aromatic N) is 1. The number of aliphatic hydroxyl groups excluding tert-OH is 2. The van der Waals surface area contributed by atoms with Crippen LogP contribution in [0.3, 0.4) is 0 Å². The van der Waals surface area contributed by atoms with Crippen LogP contribution in [-0.2, 0) is 4.79 Å². The van der Waals surface area contributed by atoms with Gasteiger partial charge in [0.2, 0.25) is 5.91 Å². The van der Waals surface area contributed by atoms with E-state index in [2.05, 4.69) is 5.32 Å². The highest BCUT2D eigenvalue weighted by Gasteiger charge is 2.28. The summed E-state index contributed by atoms with van der Waals surface area (Å²) in [6.45, 7) is 4.70. The first-order valence-corrected chi connectivity index (χ1v) is 5.75. The lowest BCUT2D eigenvalue weighted by atomic mass is 9.98. The summed E-state index contributed by atoms with van der Waals surface area (Å²) >= 11 is 0. The molecule has 16 heavy (non-hydrogen) atoms. The maximum Gasteiger partial charge on any atom is 0.219 e. The van der Waals surface area contributed by atoms with Gasteiger partial charge in [0.05, 0.1) is 18.8 Å². The van der Waals surface area contributed by atoms with Crippen molar-refractivity contribution in [2.24, 2.45) is 0 Å². The third-order valence-corrected chi connectivity index (χ3v) is 3.19. The average molecular weight is 230 g/mol. The van der Waals surface area contributed by atoms with Gasteiger partial charge in [-0.25, -0.2) is 0 Å². The SMILES string of the molecule is CC(=O)N1CCC(NC(C)(CO)CO)CC1. The lowest BCUT2D eigenvalue weighted by molar-refractivity contribution is -0.130. The Hall–Kier alpha value is -0.650. The van der Waals surface area contributed by atoms with E-state index in [1.807, 2.05) is 4.90 Å². The van der Waals surface area contributed by atoms with E-state index in [9.17, 15) is 4.79 Å². The summed E-state index contributed by atoms with van der Waals surface area (Å²) in [6.07, 6.45) is 1.74. The minimum atomic E-state index is -0.622. The molecule has 1 aliphatic rings. The van der Waals surface area contributed by atoms with Crippen LogP contribution >= 0.6 is 0 Å².